The number of anilines is 1. The summed E-state index contributed by atoms with van der Waals surface area (Å²) in [6.07, 6.45) is 4.49. The molecule has 0 aliphatic carbocycles. The first-order chi connectivity index (χ1) is 10.4. The summed E-state index contributed by atoms with van der Waals surface area (Å²) >= 11 is 0. The zero-order valence-corrected chi connectivity index (χ0v) is 11.8. The van der Waals surface area contributed by atoms with Gasteiger partial charge in [0.1, 0.15) is 6.33 Å². The lowest BCUT2D eigenvalue weighted by Crippen LogP contribution is -2.08. The zero-order valence-electron chi connectivity index (χ0n) is 11.8. The topological polar surface area (TPSA) is 73.5 Å². The largest absolute Gasteiger partial charge is 0.379 e. The number of aryl methyl sites for hydroxylation is 1. The molecule has 0 spiro atoms. The number of aromatic nitrogens is 6. The third-order valence-electron chi connectivity index (χ3n) is 3.19. The van der Waals surface area contributed by atoms with E-state index < -0.39 is 0 Å². The maximum atomic E-state index is 4.32. The van der Waals surface area contributed by atoms with Gasteiger partial charge in [0.15, 0.2) is 0 Å². The highest BCUT2D eigenvalue weighted by Gasteiger charge is 2.02. The van der Waals surface area contributed by atoms with Crippen LogP contribution in [0.1, 0.15) is 19.0 Å². The van der Waals surface area contributed by atoms with E-state index in [2.05, 4.69) is 32.9 Å². The van der Waals surface area contributed by atoms with Crippen molar-refractivity contribution in [3.05, 3.63) is 48.5 Å². The Labute approximate surface area is 122 Å². The highest BCUT2D eigenvalue weighted by atomic mass is 15.5. The quantitative estimate of drug-likeness (QED) is 0.747. The van der Waals surface area contributed by atoms with Gasteiger partial charge in [0, 0.05) is 18.4 Å². The van der Waals surface area contributed by atoms with Gasteiger partial charge < -0.3 is 5.32 Å². The molecule has 0 radical (unpaired) electrons. The second kappa shape index (κ2) is 6.17. The van der Waals surface area contributed by atoms with Crippen molar-refractivity contribution in [1.29, 1.82) is 0 Å². The molecule has 1 N–H and O–H groups in total. The summed E-state index contributed by atoms with van der Waals surface area (Å²) < 4.78 is 3.66. The molecule has 0 amide bonds. The molecule has 0 bridgehead atoms. The van der Waals surface area contributed by atoms with E-state index in [-0.39, 0.29) is 0 Å². The van der Waals surface area contributed by atoms with Gasteiger partial charge in [-0.25, -0.2) is 4.68 Å². The molecule has 0 fully saturated rings. The van der Waals surface area contributed by atoms with E-state index in [0.29, 0.717) is 0 Å². The first kappa shape index (κ1) is 13.3. The molecule has 0 aliphatic heterocycles. The van der Waals surface area contributed by atoms with Crippen LogP contribution < -0.4 is 5.32 Å². The molecular weight excluding hydrogens is 266 g/mol. The molecule has 21 heavy (non-hydrogen) atoms. The van der Waals surface area contributed by atoms with Crippen molar-refractivity contribution in [2.45, 2.75) is 26.4 Å². The molecule has 0 saturated carbocycles. The Bertz CT molecular complexity index is 670. The Morgan fingerprint density at radius 3 is 2.71 bits per heavy atom. The van der Waals surface area contributed by atoms with Crippen LogP contribution in [0.2, 0.25) is 0 Å². The fraction of sp³-hybridized carbons (Fsp3) is 0.286. The summed E-state index contributed by atoms with van der Waals surface area (Å²) in [6, 6.07) is 10.0. The summed E-state index contributed by atoms with van der Waals surface area (Å²) in [6.45, 7) is 3.85. The van der Waals surface area contributed by atoms with Crippen molar-refractivity contribution >= 4 is 5.69 Å². The number of nitrogens with zero attached hydrogens (tertiary/aromatic N) is 6. The average molecular weight is 283 g/mol. The minimum absolute atomic E-state index is 0.754. The van der Waals surface area contributed by atoms with Gasteiger partial charge in [-0.05, 0) is 47.2 Å². The van der Waals surface area contributed by atoms with E-state index in [1.54, 1.807) is 11.0 Å². The van der Waals surface area contributed by atoms with Gasteiger partial charge >= 0.3 is 0 Å². The first-order valence-electron chi connectivity index (χ1n) is 6.95. The van der Waals surface area contributed by atoms with Crippen LogP contribution in [0.15, 0.2) is 42.9 Å². The fourth-order valence-corrected chi connectivity index (χ4v) is 2.13. The molecule has 2 aromatic heterocycles. The number of rotatable bonds is 6. The summed E-state index contributed by atoms with van der Waals surface area (Å²) in [7, 11) is 0. The van der Waals surface area contributed by atoms with Crippen molar-refractivity contribution in [3.8, 4) is 5.69 Å². The average Bonchev–Trinajstić information content (AvgIpc) is 3.18. The second-order valence-electron chi connectivity index (χ2n) is 4.70. The van der Waals surface area contributed by atoms with E-state index >= 15 is 0 Å². The van der Waals surface area contributed by atoms with Crippen LogP contribution in [0.3, 0.4) is 0 Å². The van der Waals surface area contributed by atoms with Gasteiger partial charge in [0.05, 0.1) is 17.9 Å². The molecule has 3 aromatic rings. The van der Waals surface area contributed by atoms with Crippen LogP contribution in [0.5, 0.6) is 0 Å². The van der Waals surface area contributed by atoms with Gasteiger partial charge in [-0.1, -0.05) is 6.92 Å². The highest BCUT2D eigenvalue weighted by molar-refractivity contribution is 5.48. The molecule has 1 aromatic carbocycles. The highest BCUT2D eigenvalue weighted by Crippen LogP contribution is 2.13. The summed E-state index contributed by atoms with van der Waals surface area (Å²) in [5, 5.41) is 18.8. The number of tetrazole rings is 1. The molecule has 0 aliphatic rings. The smallest absolute Gasteiger partial charge is 0.143 e. The summed E-state index contributed by atoms with van der Waals surface area (Å²) in [4.78, 5) is 0. The normalized spacial score (nSPS) is 10.7. The lowest BCUT2D eigenvalue weighted by molar-refractivity contribution is 0.578. The summed E-state index contributed by atoms with van der Waals surface area (Å²) in [5.74, 6) is 0. The molecular formula is C14H17N7. The van der Waals surface area contributed by atoms with E-state index in [0.717, 1.165) is 30.9 Å². The van der Waals surface area contributed by atoms with Crippen molar-refractivity contribution in [1.82, 2.24) is 30.0 Å². The maximum Gasteiger partial charge on any atom is 0.143 e. The van der Waals surface area contributed by atoms with Gasteiger partial charge in [0.25, 0.3) is 0 Å². The lowest BCUT2D eigenvalue weighted by Gasteiger charge is -2.09. The Hall–Kier alpha value is -2.70. The zero-order chi connectivity index (χ0) is 14.5. The monoisotopic (exact) mass is 283 g/mol. The third-order valence-corrected chi connectivity index (χ3v) is 3.19. The maximum absolute atomic E-state index is 4.32. The van der Waals surface area contributed by atoms with Gasteiger partial charge in [-0.15, -0.1) is 5.10 Å². The number of nitrogens with one attached hydrogen (secondary N) is 1. The molecule has 0 unspecified atom stereocenters. The predicted octanol–water partition coefficient (Wildman–Crippen LogP) is 1.88. The predicted molar refractivity (Wildman–Crippen MR) is 79.0 cm³/mol. The fourth-order valence-electron chi connectivity index (χ4n) is 2.13. The van der Waals surface area contributed by atoms with Gasteiger partial charge in [0.2, 0.25) is 0 Å². The van der Waals surface area contributed by atoms with E-state index in [1.807, 2.05) is 41.2 Å². The first-order valence-corrected chi connectivity index (χ1v) is 6.95. The minimum Gasteiger partial charge on any atom is -0.379 e. The van der Waals surface area contributed by atoms with Crippen molar-refractivity contribution in [2.24, 2.45) is 0 Å². The van der Waals surface area contributed by atoms with Gasteiger partial charge in [-0.3, -0.25) is 4.68 Å². The Morgan fingerprint density at radius 2 is 2.00 bits per heavy atom. The van der Waals surface area contributed by atoms with E-state index in [4.69, 9.17) is 0 Å². The van der Waals surface area contributed by atoms with Crippen molar-refractivity contribution in [2.75, 3.05) is 5.32 Å². The standard InChI is InChI=1S/C14H17N7/c1-2-9-20-14(7-8-17-20)10-15-12-3-5-13(6-4-12)21-11-16-18-19-21/h3-8,11,15H,2,9-10H2,1H3. The molecule has 0 saturated heterocycles. The van der Waals surface area contributed by atoms with Crippen LogP contribution in [0, 0.1) is 0 Å². The number of benzene rings is 1. The number of hydrogen-bond donors (Lipinski definition) is 1. The van der Waals surface area contributed by atoms with Crippen LogP contribution >= 0.6 is 0 Å². The third kappa shape index (κ3) is 3.07. The van der Waals surface area contributed by atoms with Crippen LogP contribution in [-0.4, -0.2) is 30.0 Å². The van der Waals surface area contributed by atoms with Crippen LogP contribution in [0.4, 0.5) is 5.69 Å². The lowest BCUT2D eigenvalue weighted by atomic mass is 10.2. The Balaban J connectivity index is 1.64. The van der Waals surface area contributed by atoms with Crippen molar-refractivity contribution in [3.63, 3.8) is 0 Å². The molecule has 0 atom stereocenters. The molecule has 7 nitrogen and oxygen atoms in total. The van der Waals surface area contributed by atoms with Crippen molar-refractivity contribution < 1.29 is 0 Å². The molecule has 2 heterocycles. The summed E-state index contributed by atoms with van der Waals surface area (Å²) in [5.41, 5.74) is 3.17. The van der Waals surface area contributed by atoms with E-state index in [1.165, 1.54) is 5.69 Å². The second-order valence-corrected chi connectivity index (χ2v) is 4.70. The molecule has 3 rings (SSSR count). The Morgan fingerprint density at radius 1 is 1.14 bits per heavy atom. The molecule has 108 valence electrons. The molecule has 7 heteroatoms. The minimum atomic E-state index is 0.754. The van der Waals surface area contributed by atoms with E-state index in [9.17, 15) is 0 Å². The van der Waals surface area contributed by atoms with Crippen LogP contribution in [0.25, 0.3) is 5.69 Å². The number of hydrogen-bond acceptors (Lipinski definition) is 5. The SMILES string of the molecule is CCCn1nccc1CNc1ccc(-n2cnnn2)cc1. The van der Waals surface area contributed by atoms with Crippen LogP contribution in [-0.2, 0) is 13.1 Å². The van der Waals surface area contributed by atoms with Gasteiger partial charge in [-0.2, -0.15) is 5.10 Å². The Kier molecular flexibility index (Phi) is 3.90.